The van der Waals surface area contributed by atoms with Gasteiger partial charge in [-0.3, -0.25) is 0 Å². The standard InChI is InChI=1S/C16H15BrClF2N/c1-2-7-21-9-10-3-4-11(13(18)8-10)15-14(19)6-5-12(17)16(15)20/h3-6,8,21H,2,7,9H2,1H3. The summed E-state index contributed by atoms with van der Waals surface area (Å²) in [5, 5.41) is 3.59. The largest absolute Gasteiger partial charge is 0.313 e. The lowest BCUT2D eigenvalue weighted by molar-refractivity contribution is 0.585. The van der Waals surface area contributed by atoms with Crippen LogP contribution < -0.4 is 5.32 Å². The Bertz CT molecular complexity index is 646. The number of halogens is 4. The number of nitrogens with one attached hydrogen (secondary N) is 1. The highest BCUT2D eigenvalue weighted by atomic mass is 79.9. The van der Waals surface area contributed by atoms with E-state index in [2.05, 4.69) is 28.2 Å². The van der Waals surface area contributed by atoms with Crippen molar-refractivity contribution in [3.63, 3.8) is 0 Å². The molecule has 2 aromatic carbocycles. The van der Waals surface area contributed by atoms with Gasteiger partial charge in [0.15, 0.2) is 0 Å². The lowest BCUT2D eigenvalue weighted by Gasteiger charge is -2.11. The maximum atomic E-state index is 14.1. The van der Waals surface area contributed by atoms with Crippen molar-refractivity contribution in [2.75, 3.05) is 6.54 Å². The van der Waals surface area contributed by atoms with Crippen LogP contribution in [0.25, 0.3) is 11.1 Å². The zero-order valence-corrected chi connectivity index (χ0v) is 13.9. The lowest BCUT2D eigenvalue weighted by Crippen LogP contribution is -2.13. The molecule has 2 aromatic rings. The second-order valence-electron chi connectivity index (χ2n) is 4.71. The quantitative estimate of drug-likeness (QED) is 0.534. The van der Waals surface area contributed by atoms with Crippen LogP contribution in [0.1, 0.15) is 18.9 Å². The first kappa shape index (κ1) is 16.4. The molecule has 0 spiro atoms. The van der Waals surface area contributed by atoms with E-state index in [-0.39, 0.29) is 10.0 Å². The molecule has 0 unspecified atom stereocenters. The number of hydrogen-bond donors (Lipinski definition) is 1. The van der Waals surface area contributed by atoms with Gasteiger partial charge in [-0.1, -0.05) is 30.7 Å². The molecule has 2 rings (SSSR count). The normalized spacial score (nSPS) is 10.9. The minimum atomic E-state index is -0.645. The van der Waals surface area contributed by atoms with E-state index in [1.165, 1.54) is 12.1 Å². The SMILES string of the molecule is CCCNCc1ccc(-c2c(F)ccc(Br)c2F)c(Cl)c1. The van der Waals surface area contributed by atoms with E-state index in [1.54, 1.807) is 12.1 Å². The Morgan fingerprint density at radius 2 is 1.95 bits per heavy atom. The maximum Gasteiger partial charge on any atom is 0.148 e. The Kier molecular flexibility index (Phi) is 5.73. The highest BCUT2D eigenvalue weighted by Gasteiger charge is 2.17. The fourth-order valence-corrected chi connectivity index (χ4v) is 2.68. The topological polar surface area (TPSA) is 12.0 Å². The smallest absolute Gasteiger partial charge is 0.148 e. The molecular weight excluding hydrogens is 360 g/mol. The molecule has 0 saturated carbocycles. The van der Waals surface area contributed by atoms with Gasteiger partial charge in [0.1, 0.15) is 11.6 Å². The summed E-state index contributed by atoms with van der Waals surface area (Å²) in [7, 11) is 0. The van der Waals surface area contributed by atoms with Gasteiger partial charge in [-0.25, -0.2) is 8.78 Å². The van der Waals surface area contributed by atoms with Crippen molar-refractivity contribution >= 4 is 27.5 Å². The van der Waals surface area contributed by atoms with Gasteiger partial charge in [-0.15, -0.1) is 0 Å². The Balaban J connectivity index is 2.36. The van der Waals surface area contributed by atoms with Gasteiger partial charge in [-0.05, 0) is 52.7 Å². The van der Waals surface area contributed by atoms with Gasteiger partial charge in [0.25, 0.3) is 0 Å². The number of hydrogen-bond acceptors (Lipinski definition) is 1. The van der Waals surface area contributed by atoms with Gasteiger partial charge in [-0.2, -0.15) is 0 Å². The molecule has 0 heterocycles. The van der Waals surface area contributed by atoms with E-state index < -0.39 is 11.6 Å². The summed E-state index contributed by atoms with van der Waals surface area (Å²) < 4.78 is 28.2. The van der Waals surface area contributed by atoms with Crippen molar-refractivity contribution in [3.8, 4) is 11.1 Å². The molecule has 0 aliphatic carbocycles. The fourth-order valence-electron chi connectivity index (χ4n) is 2.05. The van der Waals surface area contributed by atoms with Crippen molar-refractivity contribution < 1.29 is 8.78 Å². The summed E-state index contributed by atoms with van der Waals surface area (Å²) in [6, 6.07) is 7.77. The number of rotatable bonds is 5. The first-order chi connectivity index (χ1) is 10.0. The van der Waals surface area contributed by atoms with Crippen molar-refractivity contribution in [3.05, 3.63) is 57.0 Å². The van der Waals surface area contributed by atoms with E-state index in [0.717, 1.165) is 18.5 Å². The van der Waals surface area contributed by atoms with E-state index in [1.807, 2.05) is 6.07 Å². The van der Waals surface area contributed by atoms with Gasteiger partial charge in [0.05, 0.1) is 10.0 Å². The van der Waals surface area contributed by atoms with Crippen LogP contribution in [0.3, 0.4) is 0 Å². The third-order valence-electron chi connectivity index (χ3n) is 3.10. The molecule has 1 nitrogen and oxygen atoms in total. The van der Waals surface area contributed by atoms with Crippen molar-refractivity contribution in [1.82, 2.24) is 5.32 Å². The van der Waals surface area contributed by atoms with E-state index in [0.29, 0.717) is 17.1 Å². The Morgan fingerprint density at radius 3 is 2.62 bits per heavy atom. The van der Waals surface area contributed by atoms with Crippen LogP contribution in [0.2, 0.25) is 5.02 Å². The average molecular weight is 375 g/mol. The minimum Gasteiger partial charge on any atom is -0.313 e. The molecular formula is C16H15BrClF2N. The zero-order chi connectivity index (χ0) is 15.4. The fraction of sp³-hybridized carbons (Fsp3) is 0.250. The summed E-state index contributed by atoms with van der Waals surface area (Å²) in [4.78, 5) is 0. The first-order valence-electron chi connectivity index (χ1n) is 6.67. The first-order valence-corrected chi connectivity index (χ1v) is 7.84. The summed E-state index contributed by atoms with van der Waals surface area (Å²) in [5.74, 6) is -1.27. The van der Waals surface area contributed by atoms with Crippen LogP contribution in [-0.4, -0.2) is 6.54 Å². The Morgan fingerprint density at radius 1 is 1.19 bits per heavy atom. The summed E-state index contributed by atoms with van der Waals surface area (Å²) >= 11 is 9.26. The van der Waals surface area contributed by atoms with E-state index in [9.17, 15) is 8.78 Å². The van der Waals surface area contributed by atoms with Gasteiger partial charge < -0.3 is 5.32 Å². The van der Waals surface area contributed by atoms with Crippen LogP contribution in [-0.2, 0) is 6.54 Å². The van der Waals surface area contributed by atoms with Crippen LogP contribution in [0.5, 0.6) is 0 Å². The molecule has 1 N–H and O–H groups in total. The maximum absolute atomic E-state index is 14.1. The van der Waals surface area contributed by atoms with Crippen LogP contribution in [0.4, 0.5) is 8.78 Å². The van der Waals surface area contributed by atoms with Crippen LogP contribution in [0, 0.1) is 11.6 Å². The third-order valence-corrected chi connectivity index (χ3v) is 4.03. The van der Waals surface area contributed by atoms with E-state index in [4.69, 9.17) is 11.6 Å². The van der Waals surface area contributed by atoms with Crippen LogP contribution in [0.15, 0.2) is 34.8 Å². The van der Waals surface area contributed by atoms with Gasteiger partial charge in [0, 0.05) is 17.1 Å². The second kappa shape index (κ2) is 7.34. The molecule has 5 heteroatoms. The predicted octanol–water partition coefficient (Wildman–Crippen LogP) is 5.55. The molecule has 0 saturated heterocycles. The molecule has 0 fully saturated rings. The third kappa shape index (κ3) is 3.82. The Labute approximate surface area is 136 Å². The Hall–Kier alpha value is -0.970. The molecule has 0 bridgehead atoms. The molecule has 21 heavy (non-hydrogen) atoms. The van der Waals surface area contributed by atoms with Gasteiger partial charge >= 0.3 is 0 Å². The lowest BCUT2D eigenvalue weighted by atomic mass is 10.0. The van der Waals surface area contributed by atoms with Crippen LogP contribution >= 0.6 is 27.5 Å². The highest BCUT2D eigenvalue weighted by Crippen LogP contribution is 2.35. The molecule has 0 amide bonds. The molecule has 0 aromatic heterocycles. The minimum absolute atomic E-state index is 0.109. The molecule has 0 aliphatic rings. The van der Waals surface area contributed by atoms with Crippen molar-refractivity contribution in [2.45, 2.75) is 19.9 Å². The summed E-state index contributed by atoms with van der Waals surface area (Å²) in [5.41, 5.74) is 1.22. The second-order valence-corrected chi connectivity index (χ2v) is 5.97. The molecule has 0 radical (unpaired) electrons. The van der Waals surface area contributed by atoms with Crippen molar-refractivity contribution in [1.29, 1.82) is 0 Å². The molecule has 112 valence electrons. The molecule has 0 aliphatic heterocycles. The number of benzene rings is 2. The van der Waals surface area contributed by atoms with Gasteiger partial charge in [0.2, 0.25) is 0 Å². The highest BCUT2D eigenvalue weighted by molar-refractivity contribution is 9.10. The predicted molar refractivity (Wildman–Crippen MR) is 86.5 cm³/mol. The van der Waals surface area contributed by atoms with Crippen molar-refractivity contribution in [2.24, 2.45) is 0 Å². The monoisotopic (exact) mass is 373 g/mol. The average Bonchev–Trinajstić information content (AvgIpc) is 2.46. The van der Waals surface area contributed by atoms with E-state index >= 15 is 0 Å². The molecule has 0 atom stereocenters. The summed E-state index contributed by atoms with van der Waals surface area (Å²) in [6.07, 6.45) is 1.04. The summed E-state index contributed by atoms with van der Waals surface area (Å²) in [6.45, 7) is 3.67. The zero-order valence-electron chi connectivity index (χ0n) is 11.5.